The molecule has 1 fully saturated rings. The van der Waals surface area contributed by atoms with Crippen LogP contribution in [0, 0.1) is 6.92 Å². The van der Waals surface area contributed by atoms with Crippen molar-refractivity contribution in [1.82, 2.24) is 10.2 Å². The van der Waals surface area contributed by atoms with Gasteiger partial charge >= 0.3 is 0 Å². The number of piperidine rings is 1. The lowest BCUT2D eigenvalue weighted by molar-refractivity contribution is 0.0696. The Morgan fingerprint density at radius 1 is 1.06 bits per heavy atom. The van der Waals surface area contributed by atoms with Crippen LogP contribution in [-0.2, 0) is 0 Å². The summed E-state index contributed by atoms with van der Waals surface area (Å²) in [6.07, 6.45) is 2.79. The maximum absolute atomic E-state index is 13.2. The molecular weight excluding hydrogens is 460 g/mol. The molecule has 0 saturated carbocycles. The molecule has 2 aromatic carbocycles. The SMILES string of the molecule is Cc1ccoc1C(=O)NC1CCN(C(=O)c2ccccc2Nc2ccc(SC(F)F)cc2)CC1. The molecule has 2 heterocycles. The number of anilines is 2. The molecule has 0 spiro atoms. The molecule has 1 saturated heterocycles. The van der Waals surface area contributed by atoms with Crippen molar-refractivity contribution in [2.75, 3.05) is 18.4 Å². The number of likely N-dealkylation sites (tertiary alicyclic amines) is 1. The minimum absolute atomic E-state index is 0.0287. The van der Waals surface area contributed by atoms with Crippen molar-refractivity contribution in [3.8, 4) is 0 Å². The van der Waals surface area contributed by atoms with Crippen LogP contribution < -0.4 is 10.6 Å². The van der Waals surface area contributed by atoms with Crippen molar-refractivity contribution in [3.63, 3.8) is 0 Å². The molecule has 1 aromatic heterocycles. The van der Waals surface area contributed by atoms with Crippen molar-refractivity contribution in [3.05, 3.63) is 77.7 Å². The number of hydrogen-bond acceptors (Lipinski definition) is 5. The number of aryl methyl sites for hydroxylation is 1. The van der Waals surface area contributed by atoms with Crippen LogP contribution in [0.3, 0.4) is 0 Å². The van der Waals surface area contributed by atoms with Crippen LogP contribution in [0.1, 0.15) is 39.3 Å². The molecule has 3 aromatic rings. The van der Waals surface area contributed by atoms with Crippen molar-refractivity contribution in [2.45, 2.75) is 36.5 Å². The summed E-state index contributed by atoms with van der Waals surface area (Å²) >= 11 is 0.490. The van der Waals surface area contributed by atoms with E-state index in [0.717, 1.165) is 5.56 Å². The van der Waals surface area contributed by atoms with Crippen molar-refractivity contribution < 1.29 is 22.8 Å². The van der Waals surface area contributed by atoms with Crippen LogP contribution in [0.15, 0.2) is 70.2 Å². The third kappa shape index (κ3) is 5.77. The maximum atomic E-state index is 13.2. The van der Waals surface area contributed by atoms with E-state index < -0.39 is 5.76 Å². The molecule has 1 aliphatic heterocycles. The number of nitrogens with one attached hydrogen (secondary N) is 2. The molecular formula is C25H25F2N3O3S. The quantitative estimate of drug-likeness (QED) is 0.421. The van der Waals surface area contributed by atoms with Gasteiger partial charge in [0.2, 0.25) is 0 Å². The molecule has 2 N–H and O–H groups in total. The topological polar surface area (TPSA) is 74.6 Å². The van der Waals surface area contributed by atoms with E-state index >= 15 is 0 Å². The van der Waals surface area contributed by atoms with E-state index in [1.165, 1.54) is 6.26 Å². The average Bonchev–Trinajstić information content (AvgIpc) is 3.26. The van der Waals surface area contributed by atoms with Crippen LogP contribution in [0.2, 0.25) is 0 Å². The van der Waals surface area contributed by atoms with Crippen molar-refractivity contribution in [1.29, 1.82) is 0 Å². The lowest BCUT2D eigenvalue weighted by Gasteiger charge is -2.32. The third-order valence-electron chi connectivity index (χ3n) is 5.70. The van der Waals surface area contributed by atoms with E-state index in [-0.39, 0.29) is 17.9 Å². The summed E-state index contributed by atoms with van der Waals surface area (Å²) in [7, 11) is 0. The zero-order chi connectivity index (χ0) is 24.1. The molecule has 0 radical (unpaired) electrons. The zero-order valence-corrected chi connectivity index (χ0v) is 19.4. The van der Waals surface area contributed by atoms with Crippen LogP contribution in [-0.4, -0.2) is 41.6 Å². The lowest BCUT2D eigenvalue weighted by atomic mass is 10.0. The summed E-state index contributed by atoms with van der Waals surface area (Å²) in [5, 5.41) is 6.21. The molecule has 178 valence electrons. The van der Waals surface area contributed by atoms with Gasteiger partial charge in [-0.1, -0.05) is 23.9 Å². The summed E-state index contributed by atoms with van der Waals surface area (Å²) < 4.78 is 30.3. The van der Waals surface area contributed by atoms with E-state index in [9.17, 15) is 18.4 Å². The summed E-state index contributed by atoms with van der Waals surface area (Å²) in [6.45, 7) is 2.87. The number of furan rings is 1. The van der Waals surface area contributed by atoms with Crippen molar-refractivity contribution >= 4 is 35.0 Å². The largest absolute Gasteiger partial charge is 0.459 e. The molecule has 4 rings (SSSR count). The highest BCUT2D eigenvalue weighted by Crippen LogP contribution is 2.28. The number of thioether (sulfide) groups is 1. The van der Waals surface area contributed by atoms with Crippen LogP contribution >= 0.6 is 11.8 Å². The first-order valence-electron chi connectivity index (χ1n) is 11.0. The van der Waals surface area contributed by atoms with Gasteiger partial charge in [0.05, 0.1) is 17.5 Å². The van der Waals surface area contributed by atoms with Gasteiger partial charge < -0.3 is 20.0 Å². The first-order valence-corrected chi connectivity index (χ1v) is 11.8. The Balaban J connectivity index is 1.36. The minimum Gasteiger partial charge on any atom is -0.459 e. The Kier molecular flexibility index (Phi) is 7.52. The van der Waals surface area contributed by atoms with Crippen LogP contribution in [0.5, 0.6) is 0 Å². The molecule has 0 unspecified atom stereocenters. The fourth-order valence-electron chi connectivity index (χ4n) is 3.91. The fourth-order valence-corrected chi connectivity index (χ4v) is 4.41. The van der Waals surface area contributed by atoms with Gasteiger partial charge in [-0.25, -0.2) is 0 Å². The van der Waals surface area contributed by atoms with Gasteiger partial charge in [0.1, 0.15) is 0 Å². The second kappa shape index (κ2) is 10.7. The number of para-hydroxylation sites is 1. The standard InChI is InChI=1S/C25H25F2N3O3S/c1-16-12-15-33-22(16)23(31)29-18-10-13-30(14-11-18)24(32)20-4-2-3-5-21(20)28-17-6-8-19(9-7-17)34-25(26)27/h2-9,12,15,18,25,28H,10-11,13-14H2,1H3,(H,29,31). The molecule has 0 atom stereocenters. The molecule has 2 amide bonds. The number of hydrogen-bond donors (Lipinski definition) is 2. The Hall–Kier alpha value is -3.33. The number of halogens is 2. The number of carbonyl (C=O) groups excluding carboxylic acids is 2. The molecule has 0 aliphatic carbocycles. The van der Waals surface area contributed by atoms with E-state index in [1.54, 1.807) is 47.4 Å². The van der Waals surface area contributed by atoms with E-state index in [2.05, 4.69) is 10.6 Å². The van der Waals surface area contributed by atoms with Crippen LogP contribution in [0.4, 0.5) is 20.2 Å². The fraction of sp³-hybridized carbons (Fsp3) is 0.280. The highest BCUT2D eigenvalue weighted by Gasteiger charge is 2.27. The van der Waals surface area contributed by atoms with Gasteiger partial charge in [-0.15, -0.1) is 0 Å². The summed E-state index contributed by atoms with van der Waals surface area (Å²) in [5.41, 5.74) is 2.66. The van der Waals surface area contributed by atoms with Gasteiger partial charge in [-0.3, -0.25) is 9.59 Å². The second-order valence-corrected chi connectivity index (χ2v) is 9.11. The normalized spacial score (nSPS) is 14.3. The highest BCUT2D eigenvalue weighted by atomic mass is 32.2. The molecule has 34 heavy (non-hydrogen) atoms. The molecule has 0 bridgehead atoms. The Morgan fingerprint density at radius 2 is 1.76 bits per heavy atom. The highest BCUT2D eigenvalue weighted by molar-refractivity contribution is 7.99. The maximum Gasteiger partial charge on any atom is 0.288 e. The van der Waals surface area contributed by atoms with Gasteiger partial charge in [0.15, 0.2) is 5.76 Å². The van der Waals surface area contributed by atoms with E-state index in [4.69, 9.17) is 4.42 Å². The smallest absolute Gasteiger partial charge is 0.288 e. The van der Waals surface area contributed by atoms with Crippen LogP contribution in [0.25, 0.3) is 0 Å². The molecule has 6 nitrogen and oxygen atoms in total. The third-order valence-corrected chi connectivity index (χ3v) is 6.42. The number of nitrogens with zero attached hydrogens (tertiary/aromatic N) is 1. The van der Waals surface area contributed by atoms with Crippen molar-refractivity contribution in [2.24, 2.45) is 0 Å². The summed E-state index contributed by atoms with van der Waals surface area (Å²) in [4.78, 5) is 27.9. The first-order chi connectivity index (χ1) is 16.4. The van der Waals surface area contributed by atoms with Gasteiger partial charge in [0.25, 0.3) is 17.6 Å². The number of rotatable bonds is 7. The second-order valence-electron chi connectivity index (χ2n) is 8.05. The monoisotopic (exact) mass is 485 g/mol. The Labute approximate surface area is 200 Å². The van der Waals surface area contributed by atoms with Gasteiger partial charge in [-0.2, -0.15) is 8.78 Å². The molecule has 1 aliphatic rings. The number of carbonyl (C=O) groups is 2. The van der Waals surface area contributed by atoms with Gasteiger partial charge in [0, 0.05) is 35.3 Å². The lowest BCUT2D eigenvalue weighted by Crippen LogP contribution is -2.46. The Morgan fingerprint density at radius 3 is 2.41 bits per heavy atom. The summed E-state index contributed by atoms with van der Waals surface area (Å²) in [5.74, 6) is -2.48. The zero-order valence-electron chi connectivity index (χ0n) is 18.6. The molecule has 9 heteroatoms. The summed E-state index contributed by atoms with van der Waals surface area (Å²) in [6, 6.07) is 15.6. The predicted octanol–water partition coefficient (Wildman–Crippen LogP) is 5.68. The number of alkyl halides is 2. The Bertz CT molecular complexity index is 1140. The number of amides is 2. The van der Waals surface area contributed by atoms with E-state index in [0.29, 0.717) is 65.3 Å². The first kappa shape index (κ1) is 23.8. The average molecular weight is 486 g/mol. The predicted molar refractivity (Wildman–Crippen MR) is 128 cm³/mol. The minimum atomic E-state index is -2.47. The number of benzene rings is 2. The van der Waals surface area contributed by atoms with Gasteiger partial charge in [-0.05, 0) is 62.2 Å². The van der Waals surface area contributed by atoms with E-state index in [1.807, 2.05) is 19.1 Å².